The number of nitrogens with one attached hydrogen (secondary N) is 1. The first-order valence-corrected chi connectivity index (χ1v) is 7.24. The molecule has 1 aromatic carbocycles. The monoisotopic (exact) mass is 337 g/mol. The second kappa shape index (κ2) is 7.23. The Bertz CT molecular complexity index is 566. The van der Waals surface area contributed by atoms with Crippen LogP contribution in [0.25, 0.3) is 6.08 Å². The van der Waals surface area contributed by atoms with E-state index in [0.717, 1.165) is 14.2 Å². The quantitative estimate of drug-likeness (QED) is 0.666. The molecule has 3 nitrogen and oxygen atoms in total. The van der Waals surface area contributed by atoms with Gasteiger partial charge in [-0.1, -0.05) is 30.3 Å². The Morgan fingerprint density at radius 2 is 2.05 bits per heavy atom. The van der Waals surface area contributed by atoms with Crippen LogP contribution in [0.15, 0.2) is 52.3 Å². The number of carbonyl (C=O) groups excluding carboxylic acids is 1. The lowest BCUT2D eigenvalue weighted by atomic mass is 10.2. The lowest BCUT2D eigenvalue weighted by Crippen LogP contribution is -2.21. The predicted molar refractivity (Wildman–Crippen MR) is 80.4 cm³/mol. The van der Waals surface area contributed by atoms with Crippen molar-refractivity contribution in [2.24, 2.45) is 0 Å². The molecule has 0 spiro atoms. The van der Waals surface area contributed by atoms with Gasteiger partial charge in [0.25, 0.3) is 5.91 Å². The molecule has 0 radical (unpaired) electrons. The summed E-state index contributed by atoms with van der Waals surface area (Å²) < 4.78 is 1.04. The van der Waals surface area contributed by atoms with Gasteiger partial charge in [-0.2, -0.15) is 0 Å². The Morgan fingerprint density at radius 1 is 1.26 bits per heavy atom. The van der Waals surface area contributed by atoms with E-state index in [4.69, 9.17) is 4.84 Å². The third-order valence-corrected chi connectivity index (χ3v) is 3.84. The average Bonchev–Trinajstić information content (AvgIpc) is 2.83. The fourth-order valence-corrected chi connectivity index (χ4v) is 2.70. The Morgan fingerprint density at radius 3 is 2.74 bits per heavy atom. The number of halogens is 1. The predicted octanol–water partition coefficient (Wildman–Crippen LogP) is 3.77. The SMILES string of the molecule is O=C(C=Cc1ccc(Br)s1)NOCc1ccccc1. The minimum atomic E-state index is -0.277. The summed E-state index contributed by atoms with van der Waals surface area (Å²) in [6.07, 6.45) is 3.19. The number of amides is 1. The molecule has 0 aliphatic heterocycles. The van der Waals surface area contributed by atoms with Crippen molar-refractivity contribution in [2.45, 2.75) is 6.61 Å². The molecule has 1 N–H and O–H groups in total. The molecule has 1 aromatic heterocycles. The normalized spacial score (nSPS) is 10.8. The van der Waals surface area contributed by atoms with Crippen molar-refractivity contribution in [1.82, 2.24) is 5.48 Å². The van der Waals surface area contributed by atoms with Crippen LogP contribution in [-0.2, 0) is 16.2 Å². The van der Waals surface area contributed by atoms with E-state index in [9.17, 15) is 4.79 Å². The van der Waals surface area contributed by atoms with Gasteiger partial charge in [0.05, 0.1) is 10.4 Å². The first-order valence-electron chi connectivity index (χ1n) is 5.63. The molecule has 0 bridgehead atoms. The van der Waals surface area contributed by atoms with E-state index in [1.165, 1.54) is 6.08 Å². The zero-order chi connectivity index (χ0) is 13.5. The number of hydrogen-bond donors (Lipinski definition) is 1. The molecule has 0 saturated heterocycles. The van der Waals surface area contributed by atoms with Crippen LogP contribution in [-0.4, -0.2) is 5.91 Å². The number of carbonyl (C=O) groups is 1. The number of thiophene rings is 1. The molecule has 19 heavy (non-hydrogen) atoms. The molecular weight excluding hydrogens is 326 g/mol. The van der Waals surface area contributed by atoms with Crippen LogP contribution in [0.1, 0.15) is 10.4 Å². The standard InChI is InChI=1S/C14H12BrNO2S/c15-13-8-6-12(19-13)7-9-14(17)16-18-10-11-4-2-1-3-5-11/h1-9H,10H2,(H,16,17). The highest BCUT2D eigenvalue weighted by molar-refractivity contribution is 9.11. The molecule has 0 atom stereocenters. The second-order valence-corrected chi connectivity index (χ2v) is 6.21. The van der Waals surface area contributed by atoms with Gasteiger partial charge in [0.15, 0.2) is 0 Å². The van der Waals surface area contributed by atoms with Crippen LogP contribution in [0.4, 0.5) is 0 Å². The van der Waals surface area contributed by atoms with Gasteiger partial charge >= 0.3 is 0 Å². The maximum atomic E-state index is 11.5. The van der Waals surface area contributed by atoms with Gasteiger partial charge < -0.3 is 0 Å². The molecule has 1 amide bonds. The first-order chi connectivity index (χ1) is 9.24. The van der Waals surface area contributed by atoms with Gasteiger partial charge in [0.1, 0.15) is 0 Å². The van der Waals surface area contributed by atoms with Crippen LogP contribution in [0, 0.1) is 0 Å². The molecule has 2 aromatic rings. The second-order valence-electron chi connectivity index (χ2n) is 3.72. The van der Waals surface area contributed by atoms with Crippen molar-refractivity contribution >= 4 is 39.2 Å². The molecule has 0 saturated carbocycles. The zero-order valence-electron chi connectivity index (χ0n) is 10.0. The Hall–Kier alpha value is -1.43. The minimum absolute atomic E-state index is 0.277. The van der Waals surface area contributed by atoms with Gasteiger partial charge in [-0.15, -0.1) is 11.3 Å². The average molecular weight is 338 g/mol. The van der Waals surface area contributed by atoms with Crippen LogP contribution in [0.5, 0.6) is 0 Å². The van der Waals surface area contributed by atoms with Crippen molar-refractivity contribution in [3.63, 3.8) is 0 Å². The summed E-state index contributed by atoms with van der Waals surface area (Å²) in [7, 11) is 0. The molecule has 5 heteroatoms. The fraction of sp³-hybridized carbons (Fsp3) is 0.0714. The molecule has 0 aliphatic rings. The molecular formula is C14H12BrNO2S. The van der Waals surface area contributed by atoms with E-state index in [0.29, 0.717) is 6.61 Å². The van der Waals surface area contributed by atoms with Crippen molar-refractivity contribution in [3.05, 3.63) is 62.8 Å². The highest BCUT2D eigenvalue weighted by Crippen LogP contribution is 2.22. The first kappa shape index (κ1) is 14.0. The van der Waals surface area contributed by atoms with Crippen molar-refractivity contribution < 1.29 is 9.63 Å². The van der Waals surface area contributed by atoms with E-state index in [-0.39, 0.29) is 5.91 Å². The summed E-state index contributed by atoms with van der Waals surface area (Å²) in [5.41, 5.74) is 3.38. The Kier molecular flexibility index (Phi) is 5.32. The minimum Gasteiger partial charge on any atom is -0.269 e. The van der Waals surface area contributed by atoms with E-state index in [2.05, 4.69) is 21.4 Å². The lowest BCUT2D eigenvalue weighted by Gasteiger charge is -2.03. The highest BCUT2D eigenvalue weighted by Gasteiger charge is 1.97. The van der Waals surface area contributed by atoms with Gasteiger partial charge in [0, 0.05) is 11.0 Å². The van der Waals surface area contributed by atoms with Gasteiger partial charge in [-0.05, 0) is 39.7 Å². The lowest BCUT2D eigenvalue weighted by molar-refractivity contribution is -0.129. The van der Waals surface area contributed by atoms with Gasteiger partial charge in [-0.25, -0.2) is 5.48 Å². The summed E-state index contributed by atoms with van der Waals surface area (Å²) in [5.74, 6) is -0.277. The summed E-state index contributed by atoms with van der Waals surface area (Å²) >= 11 is 4.93. The van der Waals surface area contributed by atoms with E-state index < -0.39 is 0 Å². The molecule has 0 aliphatic carbocycles. The fourth-order valence-electron chi connectivity index (χ4n) is 1.37. The van der Waals surface area contributed by atoms with Crippen LogP contribution < -0.4 is 5.48 Å². The number of rotatable bonds is 5. The van der Waals surface area contributed by atoms with E-state index in [1.807, 2.05) is 42.5 Å². The maximum absolute atomic E-state index is 11.5. The number of hydroxylamine groups is 1. The third kappa shape index (κ3) is 4.98. The van der Waals surface area contributed by atoms with E-state index in [1.54, 1.807) is 17.4 Å². The summed E-state index contributed by atoms with van der Waals surface area (Å²) in [4.78, 5) is 17.6. The third-order valence-electron chi connectivity index (χ3n) is 2.25. The molecule has 1 heterocycles. The highest BCUT2D eigenvalue weighted by atomic mass is 79.9. The zero-order valence-corrected chi connectivity index (χ0v) is 12.4. The summed E-state index contributed by atoms with van der Waals surface area (Å²) in [6.45, 7) is 0.352. The van der Waals surface area contributed by atoms with E-state index >= 15 is 0 Å². The molecule has 98 valence electrons. The molecule has 0 fully saturated rings. The molecule has 2 rings (SSSR count). The van der Waals surface area contributed by atoms with Crippen LogP contribution >= 0.6 is 27.3 Å². The summed E-state index contributed by atoms with van der Waals surface area (Å²) in [6, 6.07) is 13.5. The van der Waals surface area contributed by atoms with Crippen molar-refractivity contribution in [2.75, 3.05) is 0 Å². The van der Waals surface area contributed by atoms with Crippen molar-refractivity contribution in [3.8, 4) is 0 Å². The topological polar surface area (TPSA) is 38.3 Å². The summed E-state index contributed by atoms with van der Waals surface area (Å²) in [5, 5.41) is 0. The number of benzene rings is 1. The van der Waals surface area contributed by atoms with Crippen LogP contribution in [0.2, 0.25) is 0 Å². The Labute approximate surface area is 124 Å². The van der Waals surface area contributed by atoms with Crippen LogP contribution in [0.3, 0.4) is 0 Å². The number of hydrogen-bond acceptors (Lipinski definition) is 3. The van der Waals surface area contributed by atoms with Gasteiger partial charge in [-0.3, -0.25) is 9.63 Å². The Balaban J connectivity index is 1.74. The van der Waals surface area contributed by atoms with Crippen molar-refractivity contribution in [1.29, 1.82) is 0 Å². The largest absolute Gasteiger partial charge is 0.269 e. The van der Waals surface area contributed by atoms with Gasteiger partial charge in [0.2, 0.25) is 0 Å². The molecule has 0 unspecified atom stereocenters. The smallest absolute Gasteiger partial charge is 0.267 e. The maximum Gasteiger partial charge on any atom is 0.267 e.